The second-order valence-electron chi connectivity index (χ2n) is 5.12. The summed E-state index contributed by atoms with van der Waals surface area (Å²) in [6.45, 7) is 6.12. The summed E-state index contributed by atoms with van der Waals surface area (Å²) >= 11 is 0. The molecule has 0 unspecified atom stereocenters. The van der Waals surface area contributed by atoms with Gasteiger partial charge in [-0.3, -0.25) is 9.78 Å². The average molecular weight is 293 g/mol. The van der Waals surface area contributed by atoms with E-state index in [-0.39, 0.29) is 5.78 Å². The third kappa shape index (κ3) is 2.91. The molecule has 1 aromatic heterocycles. The lowest BCUT2D eigenvalue weighted by atomic mass is 10.1. The van der Waals surface area contributed by atoms with Crippen molar-refractivity contribution in [2.75, 3.05) is 6.61 Å². The normalized spacial score (nSPS) is 14.6. The quantitative estimate of drug-likeness (QED) is 0.637. The maximum absolute atomic E-state index is 12.3. The molecule has 0 N–H and O–H groups in total. The van der Waals surface area contributed by atoms with Crippen molar-refractivity contribution >= 4 is 11.9 Å². The molecule has 0 saturated heterocycles. The molecule has 22 heavy (non-hydrogen) atoms. The smallest absolute Gasteiger partial charge is 0.231 e. The van der Waals surface area contributed by atoms with E-state index < -0.39 is 0 Å². The van der Waals surface area contributed by atoms with Gasteiger partial charge in [-0.1, -0.05) is 6.58 Å². The summed E-state index contributed by atoms with van der Waals surface area (Å²) in [6, 6.07) is 8.84. The number of rotatable bonds is 4. The fraction of sp³-hybridized carbons (Fsp3) is 0.111. The lowest BCUT2D eigenvalue weighted by Gasteiger charge is -2.06. The zero-order valence-electron chi connectivity index (χ0n) is 12.2. The Morgan fingerprint density at radius 3 is 2.82 bits per heavy atom. The van der Waals surface area contributed by atoms with Gasteiger partial charge in [0.15, 0.2) is 5.76 Å². The van der Waals surface area contributed by atoms with E-state index in [4.69, 9.17) is 9.47 Å². The van der Waals surface area contributed by atoms with Crippen LogP contribution in [-0.2, 0) is 0 Å². The van der Waals surface area contributed by atoms with Crippen LogP contribution in [0.5, 0.6) is 11.5 Å². The van der Waals surface area contributed by atoms with Crippen LogP contribution >= 0.6 is 0 Å². The predicted octanol–water partition coefficient (Wildman–Crippen LogP) is 3.65. The van der Waals surface area contributed by atoms with Gasteiger partial charge < -0.3 is 9.47 Å². The molecule has 0 spiro atoms. The van der Waals surface area contributed by atoms with E-state index in [1.807, 2.05) is 19.1 Å². The number of benzene rings is 1. The first-order valence-corrected chi connectivity index (χ1v) is 6.89. The van der Waals surface area contributed by atoms with E-state index in [1.165, 1.54) is 0 Å². The highest BCUT2D eigenvalue weighted by atomic mass is 16.5. The van der Waals surface area contributed by atoms with Crippen molar-refractivity contribution in [3.8, 4) is 11.5 Å². The standard InChI is InChI=1S/C18H15NO3/c1-12(2)11-21-14-3-4-15-16(10-14)22-17(18(15)20)9-13-5-7-19-8-6-13/h3-10H,1,11H2,2H3/b17-9+. The number of carbonyl (C=O) groups excluding carboxylic acids is 1. The number of hydrogen-bond donors (Lipinski definition) is 0. The maximum atomic E-state index is 12.3. The topological polar surface area (TPSA) is 48.4 Å². The van der Waals surface area contributed by atoms with Crippen LogP contribution in [0.15, 0.2) is 60.6 Å². The van der Waals surface area contributed by atoms with Gasteiger partial charge in [-0.2, -0.15) is 0 Å². The predicted molar refractivity (Wildman–Crippen MR) is 83.9 cm³/mol. The lowest BCUT2D eigenvalue weighted by Crippen LogP contribution is -1.98. The molecule has 2 aromatic rings. The third-order valence-electron chi connectivity index (χ3n) is 3.13. The van der Waals surface area contributed by atoms with Crippen molar-refractivity contribution in [2.24, 2.45) is 0 Å². The Morgan fingerprint density at radius 1 is 1.32 bits per heavy atom. The molecular formula is C18H15NO3. The number of Topliss-reactive ketones (excluding diaryl/α,β-unsaturated/α-hetero) is 1. The molecule has 0 atom stereocenters. The number of pyridine rings is 1. The Balaban J connectivity index is 1.84. The molecule has 0 radical (unpaired) electrons. The van der Waals surface area contributed by atoms with Crippen LogP contribution in [0.4, 0.5) is 0 Å². The Bertz CT molecular complexity index is 763. The average Bonchev–Trinajstić information content (AvgIpc) is 2.82. The van der Waals surface area contributed by atoms with Crippen molar-refractivity contribution in [1.82, 2.24) is 4.98 Å². The second-order valence-corrected chi connectivity index (χ2v) is 5.12. The number of ketones is 1. The summed E-state index contributed by atoms with van der Waals surface area (Å²) in [4.78, 5) is 16.3. The van der Waals surface area contributed by atoms with Crippen LogP contribution in [0, 0.1) is 0 Å². The minimum absolute atomic E-state index is 0.127. The first-order chi connectivity index (χ1) is 10.6. The fourth-order valence-electron chi connectivity index (χ4n) is 2.07. The number of aromatic nitrogens is 1. The van der Waals surface area contributed by atoms with E-state index >= 15 is 0 Å². The highest BCUT2D eigenvalue weighted by molar-refractivity contribution is 6.14. The van der Waals surface area contributed by atoms with Crippen molar-refractivity contribution in [2.45, 2.75) is 6.92 Å². The van der Waals surface area contributed by atoms with Crippen molar-refractivity contribution < 1.29 is 14.3 Å². The molecule has 1 aromatic carbocycles. The van der Waals surface area contributed by atoms with Gasteiger partial charge >= 0.3 is 0 Å². The summed E-state index contributed by atoms with van der Waals surface area (Å²) in [5.74, 6) is 1.35. The lowest BCUT2D eigenvalue weighted by molar-refractivity contribution is 0.101. The molecule has 3 rings (SSSR count). The maximum Gasteiger partial charge on any atom is 0.231 e. The monoisotopic (exact) mass is 293 g/mol. The van der Waals surface area contributed by atoms with Crippen LogP contribution in [0.2, 0.25) is 0 Å². The van der Waals surface area contributed by atoms with Crippen LogP contribution in [0.25, 0.3) is 6.08 Å². The largest absolute Gasteiger partial charge is 0.489 e. The molecule has 4 nitrogen and oxygen atoms in total. The molecule has 1 aliphatic heterocycles. The van der Waals surface area contributed by atoms with Crippen LogP contribution in [0.1, 0.15) is 22.8 Å². The van der Waals surface area contributed by atoms with Gasteiger partial charge in [0.25, 0.3) is 0 Å². The molecule has 0 saturated carbocycles. The minimum Gasteiger partial charge on any atom is -0.489 e. The number of allylic oxidation sites excluding steroid dienone is 1. The van der Waals surface area contributed by atoms with Gasteiger partial charge in [-0.15, -0.1) is 0 Å². The molecule has 4 heteroatoms. The zero-order chi connectivity index (χ0) is 15.5. The second kappa shape index (κ2) is 5.85. The van der Waals surface area contributed by atoms with Gasteiger partial charge in [0, 0.05) is 18.5 Å². The summed E-state index contributed by atoms with van der Waals surface area (Å²) < 4.78 is 11.2. The Morgan fingerprint density at radius 2 is 2.09 bits per heavy atom. The molecule has 1 aliphatic rings. The van der Waals surface area contributed by atoms with E-state index in [9.17, 15) is 4.79 Å². The van der Waals surface area contributed by atoms with Gasteiger partial charge in [0.05, 0.1) is 5.56 Å². The van der Waals surface area contributed by atoms with Crippen LogP contribution in [0.3, 0.4) is 0 Å². The van der Waals surface area contributed by atoms with Crippen LogP contribution < -0.4 is 9.47 Å². The fourth-order valence-corrected chi connectivity index (χ4v) is 2.07. The molecular weight excluding hydrogens is 278 g/mol. The zero-order valence-corrected chi connectivity index (χ0v) is 12.2. The molecule has 0 aliphatic carbocycles. The first kappa shape index (κ1) is 14.1. The summed E-state index contributed by atoms with van der Waals surface area (Å²) in [5, 5.41) is 0. The SMILES string of the molecule is C=C(C)COc1ccc2c(c1)O/C(=C/c1ccncc1)C2=O. The molecule has 110 valence electrons. The van der Waals surface area contributed by atoms with Crippen molar-refractivity contribution in [3.63, 3.8) is 0 Å². The van der Waals surface area contributed by atoms with Crippen molar-refractivity contribution in [3.05, 3.63) is 71.8 Å². The third-order valence-corrected chi connectivity index (χ3v) is 3.13. The number of nitrogens with zero attached hydrogens (tertiary/aromatic N) is 1. The Labute approximate surface area is 128 Å². The summed E-state index contributed by atoms with van der Waals surface area (Å²) in [6.07, 6.45) is 5.05. The number of hydrogen-bond acceptors (Lipinski definition) is 4. The van der Waals surface area contributed by atoms with E-state index in [1.54, 1.807) is 36.7 Å². The van der Waals surface area contributed by atoms with Gasteiger partial charge in [0.1, 0.15) is 18.1 Å². The van der Waals surface area contributed by atoms with Crippen molar-refractivity contribution in [1.29, 1.82) is 0 Å². The van der Waals surface area contributed by atoms with E-state index in [0.717, 1.165) is 11.1 Å². The first-order valence-electron chi connectivity index (χ1n) is 6.89. The highest BCUT2D eigenvalue weighted by Gasteiger charge is 2.27. The molecule has 0 bridgehead atoms. The molecule has 0 amide bonds. The molecule has 0 fully saturated rings. The number of ether oxygens (including phenoxy) is 2. The van der Waals surface area contributed by atoms with Gasteiger partial charge in [0.2, 0.25) is 5.78 Å². The van der Waals surface area contributed by atoms with Gasteiger partial charge in [-0.05, 0) is 48.4 Å². The highest BCUT2D eigenvalue weighted by Crippen LogP contribution is 2.34. The minimum atomic E-state index is -0.127. The van der Waals surface area contributed by atoms with E-state index in [0.29, 0.717) is 29.4 Å². The Kier molecular flexibility index (Phi) is 3.74. The summed E-state index contributed by atoms with van der Waals surface area (Å²) in [7, 11) is 0. The van der Waals surface area contributed by atoms with E-state index in [2.05, 4.69) is 11.6 Å². The van der Waals surface area contributed by atoms with Crippen LogP contribution in [-0.4, -0.2) is 17.4 Å². The number of carbonyl (C=O) groups is 1. The van der Waals surface area contributed by atoms with Gasteiger partial charge in [-0.25, -0.2) is 0 Å². The molecule has 2 heterocycles. The number of fused-ring (bicyclic) bond motifs is 1. The summed E-state index contributed by atoms with van der Waals surface area (Å²) in [5.41, 5.74) is 2.34. The Hall–Kier alpha value is -2.88.